The Bertz CT molecular complexity index is 633. The summed E-state index contributed by atoms with van der Waals surface area (Å²) in [7, 11) is 0. The van der Waals surface area contributed by atoms with Gasteiger partial charge in [-0.2, -0.15) is 0 Å². The molecule has 1 fully saturated rings. The fraction of sp³-hybridized carbons (Fsp3) is 0.500. The number of urea groups is 1. The highest BCUT2D eigenvalue weighted by Gasteiger charge is 2.26. The second-order valence-corrected chi connectivity index (χ2v) is 6.44. The topological polar surface area (TPSA) is 123 Å². The summed E-state index contributed by atoms with van der Waals surface area (Å²) in [6.45, 7) is 1.81. The van der Waals surface area contributed by atoms with Crippen LogP contribution in [-0.2, 0) is 9.59 Å². The number of anilines is 1. The Kier molecular flexibility index (Phi) is 7.25. The standard InChI is InChI=1S/C18H26N4O4/c1-12-15(22-18(25)20-12)5-3-2-4-6-17(24)21-13-7-9-14(10-8-13)26-11-16(19)23/h7-10,12,15H,2-6,11H2,1H3,(H2,19,23)(H,21,24)(H2,20,22,25)/t12-,15-/m0/s1. The maximum atomic E-state index is 12.0. The molecule has 4 amide bonds. The van der Waals surface area contributed by atoms with Crippen molar-refractivity contribution in [2.75, 3.05) is 11.9 Å². The lowest BCUT2D eigenvalue weighted by molar-refractivity contribution is -0.120. The molecule has 0 aromatic heterocycles. The molecule has 0 unspecified atom stereocenters. The molecule has 0 radical (unpaired) electrons. The lowest BCUT2D eigenvalue weighted by Gasteiger charge is -2.13. The van der Waals surface area contributed by atoms with Crippen molar-refractivity contribution in [3.8, 4) is 5.75 Å². The normalized spacial score (nSPS) is 18.7. The zero-order chi connectivity index (χ0) is 18.9. The number of nitrogens with two attached hydrogens (primary N) is 1. The summed E-state index contributed by atoms with van der Waals surface area (Å²) < 4.78 is 5.16. The Hall–Kier alpha value is -2.77. The van der Waals surface area contributed by atoms with E-state index in [-0.39, 0.29) is 30.6 Å². The number of nitrogens with one attached hydrogen (secondary N) is 3. The number of amides is 4. The number of rotatable bonds is 10. The van der Waals surface area contributed by atoms with E-state index in [0.29, 0.717) is 17.9 Å². The SMILES string of the molecule is C[C@@H]1NC(=O)N[C@H]1CCCCCC(=O)Nc1ccc(OCC(N)=O)cc1. The summed E-state index contributed by atoms with van der Waals surface area (Å²) in [5.41, 5.74) is 5.69. The summed E-state index contributed by atoms with van der Waals surface area (Å²) in [6, 6.07) is 6.99. The van der Waals surface area contributed by atoms with Crippen LogP contribution < -0.4 is 26.4 Å². The van der Waals surface area contributed by atoms with Gasteiger partial charge in [0.15, 0.2) is 6.61 Å². The van der Waals surface area contributed by atoms with Crippen molar-refractivity contribution in [2.45, 2.75) is 51.1 Å². The van der Waals surface area contributed by atoms with Gasteiger partial charge in [-0.3, -0.25) is 9.59 Å². The molecule has 8 heteroatoms. The fourth-order valence-corrected chi connectivity index (χ4v) is 2.80. The molecular formula is C18H26N4O4. The number of ether oxygens (including phenoxy) is 1. The molecule has 1 heterocycles. The third kappa shape index (κ3) is 6.62. The Morgan fingerprint density at radius 3 is 2.50 bits per heavy atom. The van der Waals surface area contributed by atoms with Crippen molar-refractivity contribution in [3.05, 3.63) is 24.3 Å². The molecule has 8 nitrogen and oxygen atoms in total. The van der Waals surface area contributed by atoms with Crippen molar-refractivity contribution in [3.63, 3.8) is 0 Å². The van der Waals surface area contributed by atoms with Crippen molar-refractivity contribution in [1.82, 2.24) is 10.6 Å². The zero-order valence-corrected chi connectivity index (χ0v) is 14.9. The van der Waals surface area contributed by atoms with E-state index in [1.54, 1.807) is 24.3 Å². The first kappa shape index (κ1) is 19.6. The minimum absolute atomic E-state index is 0.0417. The van der Waals surface area contributed by atoms with Crippen LogP contribution >= 0.6 is 0 Å². The minimum atomic E-state index is -0.539. The van der Waals surface area contributed by atoms with Crippen LogP contribution in [-0.4, -0.2) is 36.5 Å². The van der Waals surface area contributed by atoms with Crippen LogP contribution in [0.3, 0.4) is 0 Å². The maximum Gasteiger partial charge on any atom is 0.315 e. The molecule has 0 bridgehead atoms. The molecule has 142 valence electrons. The molecule has 1 saturated heterocycles. The van der Waals surface area contributed by atoms with E-state index in [0.717, 1.165) is 25.7 Å². The molecule has 5 N–H and O–H groups in total. The first-order valence-corrected chi connectivity index (χ1v) is 8.82. The van der Waals surface area contributed by atoms with Gasteiger partial charge < -0.3 is 26.4 Å². The fourth-order valence-electron chi connectivity index (χ4n) is 2.80. The van der Waals surface area contributed by atoms with Gasteiger partial charge in [-0.25, -0.2) is 4.79 Å². The number of primary amides is 1. The molecule has 26 heavy (non-hydrogen) atoms. The average molecular weight is 362 g/mol. The van der Waals surface area contributed by atoms with E-state index in [1.165, 1.54) is 0 Å². The molecule has 1 aliphatic heterocycles. The van der Waals surface area contributed by atoms with Crippen LogP contribution in [0.2, 0.25) is 0 Å². The number of carbonyl (C=O) groups is 3. The van der Waals surface area contributed by atoms with Gasteiger partial charge in [0.2, 0.25) is 5.91 Å². The van der Waals surface area contributed by atoms with Gasteiger partial charge in [0.1, 0.15) is 5.75 Å². The van der Waals surface area contributed by atoms with Crippen molar-refractivity contribution >= 4 is 23.5 Å². The first-order chi connectivity index (χ1) is 12.4. The Balaban J connectivity index is 1.59. The molecule has 0 spiro atoms. The van der Waals surface area contributed by atoms with Crippen LogP contribution in [0.25, 0.3) is 0 Å². The van der Waals surface area contributed by atoms with E-state index in [1.807, 2.05) is 6.92 Å². The van der Waals surface area contributed by atoms with E-state index >= 15 is 0 Å². The highest BCUT2D eigenvalue weighted by atomic mass is 16.5. The van der Waals surface area contributed by atoms with Crippen LogP contribution in [0.15, 0.2) is 24.3 Å². The van der Waals surface area contributed by atoms with Gasteiger partial charge >= 0.3 is 6.03 Å². The Morgan fingerprint density at radius 2 is 1.88 bits per heavy atom. The van der Waals surface area contributed by atoms with Gasteiger partial charge in [-0.1, -0.05) is 12.8 Å². The third-order valence-corrected chi connectivity index (χ3v) is 4.22. The maximum absolute atomic E-state index is 12.0. The first-order valence-electron chi connectivity index (χ1n) is 8.82. The second kappa shape index (κ2) is 9.65. The smallest absolute Gasteiger partial charge is 0.315 e. The summed E-state index contributed by atoms with van der Waals surface area (Å²) in [4.78, 5) is 33.8. The quantitative estimate of drug-likeness (QED) is 0.471. The molecule has 1 aliphatic rings. The van der Waals surface area contributed by atoms with Crippen LogP contribution in [0.5, 0.6) is 5.75 Å². The summed E-state index contributed by atoms with van der Waals surface area (Å²) in [6.07, 6.45) is 4.07. The van der Waals surface area contributed by atoms with E-state index in [4.69, 9.17) is 10.5 Å². The number of hydrogen-bond acceptors (Lipinski definition) is 4. The van der Waals surface area contributed by atoms with Gasteiger partial charge in [0, 0.05) is 18.2 Å². The zero-order valence-electron chi connectivity index (χ0n) is 14.9. The number of hydrogen-bond donors (Lipinski definition) is 4. The number of unbranched alkanes of at least 4 members (excludes halogenated alkanes) is 2. The summed E-state index contributed by atoms with van der Waals surface area (Å²) in [5.74, 6) is -0.0621. The minimum Gasteiger partial charge on any atom is -0.484 e. The average Bonchev–Trinajstić information content (AvgIpc) is 2.91. The number of carbonyl (C=O) groups excluding carboxylic acids is 3. The number of benzene rings is 1. The van der Waals surface area contributed by atoms with Crippen LogP contribution in [0.1, 0.15) is 39.0 Å². The highest BCUT2D eigenvalue weighted by Crippen LogP contribution is 2.16. The van der Waals surface area contributed by atoms with Crippen molar-refractivity contribution in [1.29, 1.82) is 0 Å². The third-order valence-electron chi connectivity index (χ3n) is 4.22. The highest BCUT2D eigenvalue weighted by molar-refractivity contribution is 5.90. The van der Waals surface area contributed by atoms with Gasteiger partial charge in [0.05, 0.1) is 6.04 Å². The predicted octanol–water partition coefficient (Wildman–Crippen LogP) is 1.51. The monoisotopic (exact) mass is 362 g/mol. The Morgan fingerprint density at radius 1 is 1.15 bits per heavy atom. The molecular weight excluding hydrogens is 336 g/mol. The summed E-state index contributed by atoms with van der Waals surface area (Å²) in [5, 5.41) is 8.54. The van der Waals surface area contributed by atoms with E-state index in [2.05, 4.69) is 16.0 Å². The van der Waals surface area contributed by atoms with Gasteiger partial charge in [0.25, 0.3) is 5.91 Å². The lowest BCUT2D eigenvalue weighted by atomic mass is 10.0. The van der Waals surface area contributed by atoms with Crippen LogP contribution in [0.4, 0.5) is 10.5 Å². The van der Waals surface area contributed by atoms with Crippen molar-refractivity contribution in [2.24, 2.45) is 5.73 Å². The van der Waals surface area contributed by atoms with Crippen LogP contribution in [0, 0.1) is 0 Å². The van der Waals surface area contributed by atoms with Crippen molar-refractivity contribution < 1.29 is 19.1 Å². The van der Waals surface area contributed by atoms with E-state index in [9.17, 15) is 14.4 Å². The van der Waals surface area contributed by atoms with Gasteiger partial charge in [-0.15, -0.1) is 0 Å². The molecule has 0 aliphatic carbocycles. The molecule has 0 saturated carbocycles. The molecule has 2 rings (SSSR count). The molecule has 2 atom stereocenters. The Labute approximate surface area is 152 Å². The second-order valence-electron chi connectivity index (χ2n) is 6.44. The lowest BCUT2D eigenvalue weighted by Crippen LogP contribution is -2.30. The molecule has 1 aromatic rings. The molecule has 1 aromatic carbocycles. The largest absolute Gasteiger partial charge is 0.484 e. The predicted molar refractivity (Wildman–Crippen MR) is 97.8 cm³/mol. The summed E-state index contributed by atoms with van der Waals surface area (Å²) >= 11 is 0. The van der Waals surface area contributed by atoms with E-state index < -0.39 is 5.91 Å². The van der Waals surface area contributed by atoms with Gasteiger partial charge in [-0.05, 0) is 44.0 Å².